The van der Waals surface area contributed by atoms with Crippen molar-refractivity contribution in [1.29, 1.82) is 0 Å². The van der Waals surface area contributed by atoms with Gasteiger partial charge in [-0.3, -0.25) is 0 Å². The van der Waals surface area contributed by atoms with Gasteiger partial charge in [0.15, 0.2) is 0 Å². The molecule has 0 aromatic rings. The molecule has 1 atom stereocenters. The van der Waals surface area contributed by atoms with Crippen LogP contribution in [0, 0.1) is 0 Å². The van der Waals surface area contributed by atoms with Gasteiger partial charge in [-0.1, -0.05) is 18.2 Å². The number of rotatable bonds is 2. The van der Waals surface area contributed by atoms with Gasteiger partial charge in [-0.05, 0) is 0 Å². The van der Waals surface area contributed by atoms with Crippen molar-refractivity contribution < 1.29 is 4.74 Å². The second-order valence-corrected chi connectivity index (χ2v) is 2.95. The van der Waals surface area contributed by atoms with Gasteiger partial charge in [0.2, 0.25) is 0 Å². The van der Waals surface area contributed by atoms with Crippen LogP contribution >= 0.6 is 11.6 Å². The first kappa shape index (κ1) is 8.05. The van der Waals surface area contributed by atoms with E-state index in [4.69, 9.17) is 16.3 Å². The first-order valence-corrected chi connectivity index (χ1v) is 3.82. The van der Waals surface area contributed by atoms with Crippen molar-refractivity contribution in [2.24, 2.45) is 0 Å². The third-order valence-corrected chi connectivity index (χ3v) is 1.61. The van der Waals surface area contributed by atoms with Crippen molar-refractivity contribution in [3.63, 3.8) is 0 Å². The minimum atomic E-state index is 0.235. The Balaban J connectivity index is 2.19. The van der Waals surface area contributed by atoms with Crippen LogP contribution in [0.2, 0.25) is 0 Å². The van der Waals surface area contributed by atoms with Gasteiger partial charge in [-0.2, -0.15) is 0 Å². The molecule has 58 valence electrons. The fraction of sp³-hybridized carbons (Fsp3) is 0.714. The Morgan fingerprint density at radius 1 is 1.80 bits per heavy atom. The summed E-state index contributed by atoms with van der Waals surface area (Å²) < 4.78 is 5.38. The Morgan fingerprint density at radius 3 is 3.10 bits per heavy atom. The van der Waals surface area contributed by atoms with E-state index >= 15 is 0 Å². The molecule has 1 saturated heterocycles. The predicted octanol–water partition coefficient (Wildman–Crippen LogP) is 1.12. The first-order chi connectivity index (χ1) is 4.79. The van der Waals surface area contributed by atoms with E-state index in [0.717, 1.165) is 26.1 Å². The first-order valence-electron chi connectivity index (χ1n) is 3.44. The summed E-state index contributed by atoms with van der Waals surface area (Å²) in [4.78, 5) is 0. The Labute approximate surface area is 66.2 Å². The van der Waals surface area contributed by atoms with E-state index in [1.165, 1.54) is 0 Å². The lowest BCUT2D eigenvalue weighted by atomic mass is 10.2. The minimum Gasteiger partial charge on any atom is -0.375 e. The van der Waals surface area contributed by atoms with Gasteiger partial charge in [0.1, 0.15) is 0 Å². The molecule has 0 saturated carbocycles. The molecule has 1 heterocycles. The molecule has 1 unspecified atom stereocenters. The average Bonchev–Trinajstić information content (AvgIpc) is 1.88. The average molecular weight is 162 g/mol. The molecule has 0 aromatic heterocycles. The van der Waals surface area contributed by atoms with Crippen molar-refractivity contribution in [3.8, 4) is 0 Å². The quantitative estimate of drug-likeness (QED) is 0.656. The summed E-state index contributed by atoms with van der Waals surface area (Å²) >= 11 is 5.61. The maximum atomic E-state index is 5.61. The minimum absolute atomic E-state index is 0.235. The molecule has 1 aliphatic heterocycles. The fourth-order valence-electron chi connectivity index (χ4n) is 0.998. The summed E-state index contributed by atoms with van der Waals surface area (Å²) in [6, 6.07) is 0. The third-order valence-electron chi connectivity index (χ3n) is 1.45. The topological polar surface area (TPSA) is 21.3 Å². The Hall–Kier alpha value is -0.0500. The molecule has 0 amide bonds. The second-order valence-electron chi connectivity index (χ2n) is 2.42. The van der Waals surface area contributed by atoms with Crippen LogP contribution in [0.15, 0.2) is 11.6 Å². The molecule has 0 bridgehead atoms. The molecule has 1 aliphatic rings. The van der Waals surface area contributed by atoms with Crippen molar-refractivity contribution in [1.82, 2.24) is 5.32 Å². The standard InChI is InChI=1S/C7H12ClNO/c1-6(8)4-7-5-9-2-3-10-7/h7,9H,1-5H2. The monoisotopic (exact) mass is 161 g/mol. The molecule has 0 aromatic carbocycles. The van der Waals surface area contributed by atoms with E-state index in [9.17, 15) is 0 Å². The normalized spacial score (nSPS) is 26.3. The zero-order valence-corrected chi connectivity index (χ0v) is 6.66. The lowest BCUT2D eigenvalue weighted by Crippen LogP contribution is -2.38. The molecule has 3 heteroatoms. The largest absolute Gasteiger partial charge is 0.375 e. The molecule has 1 N–H and O–H groups in total. The van der Waals surface area contributed by atoms with Gasteiger partial charge in [-0.25, -0.2) is 0 Å². The van der Waals surface area contributed by atoms with E-state index in [0.29, 0.717) is 5.03 Å². The SMILES string of the molecule is C=C(Cl)CC1CNCCO1. The summed E-state index contributed by atoms with van der Waals surface area (Å²) in [5, 5.41) is 3.89. The second kappa shape index (κ2) is 3.96. The van der Waals surface area contributed by atoms with E-state index in [2.05, 4.69) is 11.9 Å². The summed E-state index contributed by atoms with van der Waals surface area (Å²) in [6.07, 6.45) is 0.993. The molecule has 0 aliphatic carbocycles. The van der Waals surface area contributed by atoms with Crippen LogP contribution in [-0.4, -0.2) is 25.8 Å². The van der Waals surface area contributed by atoms with Crippen LogP contribution < -0.4 is 5.32 Å². The van der Waals surface area contributed by atoms with Crippen LogP contribution in [0.3, 0.4) is 0 Å². The zero-order valence-electron chi connectivity index (χ0n) is 5.90. The van der Waals surface area contributed by atoms with E-state index in [-0.39, 0.29) is 6.10 Å². The van der Waals surface area contributed by atoms with Gasteiger partial charge in [0.05, 0.1) is 12.7 Å². The van der Waals surface area contributed by atoms with Crippen molar-refractivity contribution in [2.45, 2.75) is 12.5 Å². The summed E-state index contributed by atoms with van der Waals surface area (Å²) in [5.41, 5.74) is 0. The number of hydrogen-bond donors (Lipinski definition) is 1. The number of nitrogens with one attached hydrogen (secondary N) is 1. The Kier molecular flexibility index (Phi) is 3.19. The van der Waals surface area contributed by atoms with Gasteiger partial charge < -0.3 is 10.1 Å². The molecule has 2 nitrogen and oxygen atoms in total. The Morgan fingerprint density at radius 2 is 2.60 bits per heavy atom. The fourth-order valence-corrected chi connectivity index (χ4v) is 1.17. The predicted molar refractivity (Wildman–Crippen MR) is 42.2 cm³/mol. The number of ether oxygens (including phenoxy) is 1. The van der Waals surface area contributed by atoms with Crippen molar-refractivity contribution in [3.05, 3.63) is 11.6 Å². The van der Waals surface area contributed by atoms with Crippen molar-refractivity contribution in [2.75, 3.05) is 19.7 Å². The molecule has 1 fully saturated rings. The van der Waals surface area contributed by atoms with E-state index in [1.54, 1.807) is 0 Å². The van der Waals surface area contributed by atoms with Gasteiger partial charge in [-0.15, -0.1) is 0 Å². The number of hydrogen-bond acceptors (Lipinski definition) is 2. The lowest BCUT2D eigenvalue weighted by Gasteiger charge is -2.22. The highest BCUT2D eigenvalue weighted by Gasteiger charge is 2.12. The van der Waals surface area contributed by atoms with Gasteiger partial charge in [0.25, 0.3) is 0 Å². The van der Waals surface area contributed by atoms with E-state index in [1.807, 2.05) is 0 Å². The van der Waals surface area contributed by atoms with Crippen LogP contribution in [0.5, 0.6) is 0 Å². The summed E-state index contributed by atoms with van der Waals surface area (Å²) in [7, 11) is 0. The summed E-state index contributed by atoms with van der Waals surface area (Å²) in [6.45, 7) is 6.24. The van der Waals surface area contributed by atoms with Crippen LogP contribution in [-0.2, 0) is 4.74 Å². The summed E-state index contributed by atoms with van der Waals surface area (Å²) in [5.74, 6) is 0. The molecule has 1 rings (SSSR count). The third kappa shape index (κ3) is 2.69. The lowest BCUT2D eigenvalue weighted by molar-refractivity contribution is 0.0303. The highest BCUT2D eigenvalue weighted by molar-refractivity contribution is 6.29. The molecule has 0 spiro atoms. The van der Waals surface area contributed by atoms with E-state index < -0.39 is 0 Å². The smallest absolute Gasteiger partial charge is 0.0748 e. The number of morpholine rings is 1. The molecule has 10 heavy (non-hydrogen) atoms. The van der Waals surface area contributed by atoms with Gasteiger partial charge >= 0.3 is 0 Å². The molecular formula is C7H12ClNO. The van der Waals surface area contributed by atoms with Gasteiger partial charge in [0, 0.05) is 24.5 Å². The molecular weight excluding hydrogens is 150 g/mol. The highest BCUT2D eigenvalue weighted by Crippen LogP contribution is 2.10. The van der Waals surface area contributed by atoms with Crippen LogP contribution in [0.4, 0.5) is 0 Å². The highest BCUT2D eigenvalue weighted by atomic mass is 35.5. The number of halogens is 1. The Bertz CT molecular complexity index is 121. The van der Waals surface area contributed by atoms with Crippen molar-refractivity contribution >= 4 is 11.6 Å². The van der Waals surface area contributed by atoms with Crippen LogP contribution in [0.25, 0.3) is 0 Å². The zero-order chi connectivity index (χ0) is 7.40. The van der Waals surface area contributed by atoms with Crippen LogP contribution in [0.1, 0.15) is 6.42 Å². The maximum Gasteiger partial charge on any atom is 0.0748 e. The maximum absolute atomic E-state index is 5.61. The molecule has 0 radical (unpaired) electrons.